The molecule has 2 N–H and O–H groups in total. The molecule has 4 heteroatoms. The number of para-hydroxylation sites is 1. The summed E-state index contributed by atoms with van der Waals surface area (Å²) in [5.74, 6) is -0.128. The molecule has 0 radical (unpaired) electrons. The molecular formula is C13H15N3O. The number of aromatic amines is 1. The number of nitrogens with zero attached hydrogens (tertiary/aromatic N) is 1. The third kappa shape index (κ3) is 2.36. The monoisotopic (exact) mass is 229 g/mol. The average Bonchev–Trinajstić information content (AvgIpc) is 2.76. The molecule has 0 bridgehead atoms. The summed E-state index contributed by atoms with van der Waals surface area (Å²) < 4.78 is 0. The Bertz CT molecular complexity index is 531. The quantitative estimate of drug-likeness (QED) is 0.849. The van der Waals surface area contributed by atoms with Crippen LogP contribution >= 0.6 is 0 Å². The van der Waals surface area contributed by atoms with E-state index in [2.05, 4.69) is 22.4 Å². The van der Waals surface area contributed by atoms with Crippen LogP contribution in [-0.2, 0) is 6.42 Å². The van der Waals surface area contributed by atoms with E-state index >= 15 is 0 Å². The molecule has 1 aromatic heterocycles. The third-order valence-electron chi connectivity index (χ3n) is 2.72. The van der Waals surface area contributed by atoms with E-state index < -0.39 is 0 Å². The van der Waals surface area contributed by atoms with Gasteiger partial charge < -0.3 is 5.32 Å². The van der Waals surface area contributed by atoms with Crippen LogP contribution in [0.5, 0.6) is 0 Å². The molecule has 2 rings (SSSR count). The average molecular weight is 229 g/mol. The van der Waals surface area contributed by atoms with Gasteiger partial charge in [-0.25, -0.2) is 0 Å². The van der Waals surface area contributed by atoms with Crippen LogP contribution in [0.1, 0.15) is 28.5 Å². The maximum absolute atomic E-state index is 12.0. The van der Waals surface area contributed by atoms with Gasteiger partial charge >= 0.3 is 0 Å². The molecule has 0 saturated heterocycles. The summed E-state index contributed by atoms with van der Waals surface area (Å²) in [5.41, 5.74) is 3.34. The number of carbonyl (C=O) groups excluding carboxylic acids is 1. The van der Waals surface area contributed by atoms with Gasteiger partial charge in [-0.1, -0.05) is 25.1 Å². The van der Waals surface area contributed by atoms with Gasteiger partial charge in [0.1, 0.15) is 0 Å². The van der Waals surface area contributed by atoms with Crippen molar-refractivity contribution in [3.05, 3.63) is 47.3 Å². The number of aromatic nitrogens is 2. The molecule has 88 valence electrons. The minimum Gasteiger partial charge on any atom is -0.322 e. The van der Waals surface area contributed by atoms with Gasteiger partial charge in [0, 0.05) is 11.4 Å². The molecule has 0 saturated carbocycles. The molecule has 1 amide bonds. The Hall–Kier alpha value is -2.10. The summed E-state index contributed by atoms with van der Waals surface area (Å²) in [6.07, 6.45) is 2.43. The summed E-state index contributed by atoms with van der Waals surface area (Å²) in [7, 11) is 0. The van der Waals surface area contributed by atoms with Crippen LogP contribution in [-0.4, -0.2) is 16.1 Å². The number of amides is 1. The van der Waals surface area contributed by atoms with Crippen LogP contribution in [0.2, 0.25) is 0 Å². The van der Waals surface area contributed by atoms with Crippen molar-refractivity contribution in [1.82, 2.24) is 10.2 Å². The number of hydrogen-bond acceptors (Lipinski definition) is 2. The number of benzene rings is 1. The largest absolute Gasteiger partial charge is 0.322 e. The Balaban J connectivity index is 2.22. The topological polar surface area (TPSA) is 57.8 Å². The standard InChI is InChI=1S/C13H15N3O/c1-3-10-6-4-5-7-12(10)15-13(17)11-8-14-16-9(11)2/h4-8H,3H2,1-2H3,(H,14,16)(H,15,17). The molecule has 17 heavy (non-hydrogen) atoms. The predicted octanol–water partition coefficient (Wildman–Crippen LogP) is 2.53. The van der Waals surface area contributed by atoms with Crippen LogP contribution < -0.4 is 5.32 Å². The lowest BCUT2D eigenvalue weighted by atomic mass is 10.1. The van der Waals surface area contributed by atoms with Crippen molar-refractivity contribution in [2.45, 2.75) is 20.3 Å². The SMILES string of the molecule is CCc1ccccc1NC(=O)c1cn[nH]c1C. The summed E-state index contributed by atoms with van der Waals surface area (Å²) in [5, 5.41) is 9.50. The van der Waals surface area contributed by atoms with Gasteiger partial charge in [0.2, 0.25) is 0 Å². The number of rotatable bonds is 3. The van der Waals surface area contributed by atoms with Crippen molar-refractivity contribution in [2.24, 2.45) is 0 Å². The Morgan fingerprint density at radius 3 is 2.82 bits per heavy atom. The van der Waals surface area contributed by atoms with Crippen molar-refractivity contribution in [1.29, 1.82) is 0 Å². The summed E-state index contributed by atoms with van der Waals surface area (Å²) in [6.45, 7) is 3.89. The smallest absolute Gasteiger partial charge is 0.259 e. The molecule has 2 aromatic rings. The van der Waals surface area contributed by atoms with Gasteiger partial charge in [0.25, 0.3) is 5.91 Å². The highest BCUT2D eigenvalue weighted by molar-refractivity contribution is 6.05. The summed E-state index contributed by atoms with van der Waals surface area (Å²) in [6, 6.07) is 7.80. The van der Waals surface area contributed by atoms with E-state index in [-0.39, 0.29) is 5.91 Å². The summed E-state index contributed by atoms with van der Waals surface area (Å²) >= 11 is 0. The van der Waals surface area contributed by atoms with Crippen LogP contribution in [0, 0.1) is 6.92 Å². The van der Waals surface area contributed by atoms with Gasteiger partial charge in [0.05, 0.1) is 11.8 Å². The van der Waals surface area contributed by atoms with Crippen molar-refractivity contribution in [2.75, 3.05) is 5.32 Å². The van der Waals surface area contributed by atoms with E-state index in [1.54, 1.807) is 6.20 Å². The van der Waals surface area contributed by atoms with Gasteiger partial charge in [-0.05, 0) is 25.0 Å². The van der Waals surface area contributed by atoms with Crippen molar-refractivity contribution in [3.8, 4) is 0 Å². The summed E-state index contributed by atoms with van der Waals surface area (Å²) in [4.78, 5) is 12.0. The number of hydrogen-bond donors (Lipinski definition) is 2. The first-order valence-corrected chi connectivity index (χ1v) is 5.61. The zero-order valence-corrected chi connectivity index (χ0v) is 9.95. The predicted molar refractivity (Wildman–Crippen MR) is 67.1 cm³/mol. The van der Waals surface area contributed by atoms with Gasteiger partial charge in [-0.2, -0.15) is 5.10 Å². The molecule has 4 nitrogen and oxygen atoms in total. The molecule has 0 aliphatic carbocycles. The zero-order chi connectivity index (χ0) is 12.3. The molecule has 0 atom stereocenters. The molecule has 0 aliphatic rings. The normalized spacial score (nSPS) is 10.2. The second-order valence-corrected chi connectivity index (χ2v) is 3.87. The Labute approximate surface area is 100 Å². The lowest BCUT2D eigenvalue weighted by molar-refractivity contribution is 0.102. The van der Waals surface area contributed by atoms with Gasteiger partial charge in [-0.15, -0.1) is 0 Å². The molecule has 0 aliphatic heterocycles. The fourth-order valence-electron chi connectivity index (χ4n) is 1.72. The number of nitrogens with one attached hydrogen (secondary N) is 2. The molecular weight excluding hydrogens is 214 g/mol. The fraction of sp³-hybridized carbons (Fsp3) is 0.231. The van der Waals surface area contributed by atoms with Gasteiger partial charge in [0.15, 0.2) is 0 Å². The van der Waals surface area contributed by atoms with Crippen LogP contribution in [0.15, 0.2) is 30.5 Å². The number of carbonyl (C=O) groups is 1. The minimum absolute atomic E-state index is 0.128. The first kappa shape index (κ1) is 11.4. The minimum atomic E-state index is -0.128. The van der Waals surface area contributed by atoms with Crippen molar-refractivity contribution >= 4 is 11.6 Å². The van der Waals surface area contributed by atoms with Crippen molar-refractivity contribution < 1.29 is 4.79 Å². The molecule has 1 heterocycles. The van der Waals surface area contributed by atoms with Crippen LogP contribution in [0.3, 0.4) is 0 Å². The highest BCUT2D eigenvalue weighted by atomic mass is 16.1. The highest BCUT2D eigenvalue weighted by Crippen LogP contribution is 2.17. The Kier molecular flexibility index (Phi) is 3.23. The van der Waals surface area contributed by atoms with Crippen LogP contribution in [0.4, 0.5) is 5.69 Å². The van der Waals surface area contributed by atoms with Crippen molar-refractivity contribution in [3.63, 3.8) is 0 Å². The maximum atomic E-state index is 12.0. The van der Waals surface area contributed by atoms with E-state index in [4.69, 9.17) is 0 Å². The third-order valence-corrected chi connectivity index (χ3v) is 2.72. The number of anilines is 1. The van der Waals surface area contributed by atoms with E-state index in [0.717, 1.165) is 23.4 Å². The van der Waals surface area contributed by atoms with E-state index in [9.17, 15) is 4.79 Å². The molecule has 0 unspecified atom stereocenters. The van der Waals surface area contributed by atoms with Crippen LogP contribution in [0.25, 0.3) is 0 Å². The first-order chi connectivity index (χ1) is 8.22. The Morgan fingerprint density at radius 2 is 2.18 bits per heavy atom. The van der Waals surface area contributed by atoms with E-state index in [1.807, 2.05) is 31.2 Å². The molecule has 0 fully saturated rings. The highest BCUT2D eigenvalue weighted by Gasteiger charge is 2.11. The lowest BCUT2D eigenvalue weighted by Crippen LogP contribution is -2.13. The fourth-order valence-corrected chi connectivity index (χ4v) is 1.72. The molecule has 0 spiro atoms. The van der Waals surface area contributed by atoms with E-state index in [0.29, 0.717) is 5.56 Å². The first-order valence-electron chi connectivity index (χ1n) is 5.61. The number of H-pyrrole nitrogens is 1. The lowest BCUT2D eigenvalue weighted by Gasteiger charge is -2.08. The molecule has 1 aromatic carbocycles. The van der Waals surface area contributed by atoms with E-state index in [1.165, 1.54) is 0 Å². The second-order valence-electron chi connectivity index (χ2n) is 3.87. The zero-order valence-electron chi connectivity index (χ0n) is 9.95. The van der Waals surface area contributed by atoms with Gasteiger partial charge in [-0.3, -0.25) is 9.89 Å². The number of aryl methyl sites for hydroxylation is 2. The second kappa shape index (κ2) is 4.82. The Morgan fingerprint density at radius 1 is 1.41 bits per heavy atom. The maximum Gasteiger partial charge on any atom is 0.259 e.